The van der Waals surface area contributed by atoms with Crippen LogP contribution in [0.3, 0.4) is 0 Å². The van der Waals surface area contributed by atoms with Crippen molar-refractivity contribution in [2.45, 2.75) is 33.1 Å². The van der Waals surface area contributed by atoms with Crippen molar-refractivity contribution in [1.29, 1.82) is 0 Å². The fraction of sp³-hybridized carbons (Fsp3) is 0.412. The molecule has 0 amide bonds. The highest BCUT2D eigenvalue weighted by molar-refractivity contribution is 5.87. The van der Waals surface area contributed by atoms with Crippen LogP contribution in [0.2, 0.25) is 0 Å². The first-order valence-electron chi connectivity index (χ1n) is 7.77. The smallest absolute Gasteiger partial charge is 0.143 e. The highest BCUT2D eigenvalue weighted by atomic mass is 16.5. The number of nitrogens with zero attached hydrogens (tertiary/aromatic N) is 2. The zero-order valence-corrected chi connectivity index (χ0v) is 13.2. The summed E-state index contributed by atoms with van der Waals surface area (Å²) >= 11 is 0. The number of H-pyrrole nitrogens is 1. The Morgan fingerprint density at radius 3 is 2.77 bits per heavy atom. The highest BCUT2D eigenvalue weighted by Gasteiger charge is 2.23. The second-order valence-corrected chi connectivity index (χ2v) is 6.20. The van der Waals surface area contributed by atoms with Gasteiger partial charge in [0.15, 0.2) is 0 Å². The summed E-state index contributed by atoms with van der Waals surface area (Å²) in [6, 6.07) is 4.31. The van der Waals surface area contributed by atoms with Crippen LogP contribution in [0.1, 0.15) is 35.2 Å². The Bertz CT molecular complexity index is 820. The van der Waals surface area contributed by atoms with Crippen LogP contribution in [0, 0.1) is 20.8 Å². The fourth-order valence-electron chi connectivity index (χ4n) is 3.47. The molecular formula is C17H20N4O. The van der Waals surface area contributed by atoms with Crippen LogP contribution >= 0.6 is 0 Å². The molecular weight excluding hydrogens is 276 g/mol. The van der Waals surface area contributed by atoms with Crippen LogP contribution in [0.5, 0.6) is 0 Å². The summed E-state index contributed by atoms with van der Waals surface area (Å²) in [6.45, 7) is 8.06. The van der Waals surface area contributed by atoms with Gasteiger partial charge in [-0.2, -0.15) is 0 Å². The van der Waals surface area contributed by atoms with E-state index in [1.807, 2.05) is 13.8 Å². The van der Waals surface area contributed by atoms with Gasteiger partial charge in [-0.25, -0.2) is 0 Å². The third kappa shape index (κ3) is 2.04. The lowest BCUT2D eigenvalue weighted by Gasteiger charge is -2.12. The summed E-state index contributed by atoms with van der Waals surface area (Å²) in [5.74, 6) is 1.29. The van der Waals surface area contributed by atoms with Crippen LogP contribution in [0.15, 0.2) is 16.7 Å². The molecule has 22 heavy (non-hydrogen) atoms. The van der Waals surface area contributed by atoms with E-state index < -0.39 is 0 Å². The minimum Gasteiger partial charge on any atom is -0.361 e. The predicted molar refractivity (Wildman–Crippen MR) is 86.0 cm³/mol. The minimum absolute atomic E-state index is 0.470. The van der Waals surface area contributed by atoms with Crippen LogP contribution in [0.25, 0.3) is 22.2 Å². The maximum Gasteiger partial charge on any atom is 0.143 e. The van der Waals surface area contributed by atoms with Crippen LogP contribution in [-0.2, 0) is 0 Å². The Kier molecular flexibility index (Phi) is 3.04. The quantitative estimate of drug-likeness (QED) is 0.762. The van der Waals surface area contributed by atoms with Gasteiger partial charge in [-0.05, 0) is 45.9 Å². The average Bonchev–Trinajstić information content (AvgIpc) is 3.18. The Morgan fingerprint density at radius 2 is 2.09 bits per heavy atom. The molecule has 1 atom stereocenters. The van der Waals surface area contributed by atoms with E-state index in [0.717, 1.165) is 47.7 Å². The van der Waals surface area contributed by atoms with Gasteiger partial charge in [-0.3, -0.25) is 4.98 Å². The molecule has 0 aliphatic carbocycles. The van der Waals surface area contributed by atoms with E-state index in [0.29, 0.717) is 5.92 Å². The molecule has 1 aliphatic heterocycles. The molecule has 5 nitrogen and oxygen atoms in total. The number of aryl methyl sites for hydroxylation is 3. The molecule has 3 aromatic rings. The molecule has 1 aliphatic rings. The first-order chi connectivity index (χ1) is 10.6. The van der Waals surface area contributed by atoms with E-state index in [9.17, 15) is 0 Å². The van der Waals surface area contributed by atoms with E-state index in [2.05, 4.69) is 34.5 Å². The molecule has 0 saturated carbocycles. The van der Waals surface area contributed by atoms with Crippen molar-refractivity contribution in [3.8, 4) is 11.3 Å². The number of pyridine rings is 1. The van der Waals surface area contributed by atoms with Crippen molar-refractivity contribution in [2.24, 2.45) is 0 Å². The summed E-state index contributed by atoms with van der Waals surface area (Å²) in [7, 11) is 0. The van der Waals surface area contributed by atoms with Crippen molar-refractivity contribution < 1.29 is 4.52 Å². The second-order valence-electron chi connectivity index (χ2n) is 6.20. The molecule has 4 heterocycles. The molecule has 3 aromatic heterocycles. The van der Waals surface area contributed by atoms with Gasteiger partial charge < -0.3 is 14.8 Å². The molecule has 0 radical (unpaired) electrons. The number of nitrogens with one attached hydrogen (secondary N) is 2. The molecule has 1 saturated heterocycles. The van der Waals surface area contributed by atoms with Gasteiger partial charge in [0.1, 0.15) is 5.76 Å². The van der Waals surface area contributed by atoms with E-state index in [-0.39, 0.29) is 0 Å². The minimum atomic E-state index is 0.470. The first kappa shape index (κ1) is 13.5. The molecule has 5 heteroatoms. The van der Waals surface area contributed by atoms with Gasteiger partial charge in [0.2, 0.25) is 0 Å². The number of aromatic nitrogens is 3. The summed E-state index contributed by atoms with van der Waals surface area (Å²) in [5.41, 5.74) is 6.35. The third-order valence-corrected chi connectivity index (χ3v) is 4.52. The van der Waals surface area contributed by atoms with Crippen LogP contribution in [0.4, 0.5) is 0 Å². The Hall–Kier alpha value is -2.14. The van der Waals surface area contributed by atoms with Crippen molar-refractivity contribution in [1.82, 2.24) is 20.4 Å². The number of fused-ring (bicyclic) bond motifs is 1. The maximum absolute atomic E-state index is 5.32. The average molecular weight is 296 g/mol. The van der Waals surface area contributed by atoms with E-state index in [1.165, 1.54) is 16.8 Å². The number of hydrogen-bond acceptors (Lipinski definition) is 4. The van der Waals surface area contributed by atoms with Crippen molar-refractivity contribution in [2.75, 3.05) is 13.1 Å². The van der Waals surface area contributed by atoms with Gasteiger partial charge >= 0.3 is 0 Å². The lowest BCUT2D eigenvalue weighted by atomic mass is 9.99. The molecule has 0 aromatic carbocycles. The Labute approximate surface area is 129 Å². The van der Waals surface area contributed by atoms with Crippen molar-refractivity contribution in [3.63, 3.8) is 0 Å². The normalized spacial score (nSPS) is 18.4. The predicted octanol–water partition coefficient (Wildman–Crippen LogP) is 3.22. The van der Waals surface area contributed by atoms with E-state index in [1.54, 1.807) is 0 Å². The Morgan fingerprint density at radius 1 is 1.23 bits per heavy atom. The van der Waals surface area contributed by atoms with Gasteiger partial charge in [0.25, 0.3) is 0 Å². The first-order valence-corrected chi connectivity index (χ1v) is 7.77. The molecule has 1 unspecified atom stereocenters. The molecule has 114 valence electrons. The van der Waals surface area contributed by atoms with Crippen LogP contribution < -0.4 is 5.32 Å². The SMILES string of the molecule is Cc1cc2c(C3CCNC3)nc(-c3c(C)noc3C)cc2[nH]1. The fourth-order valence-corrected chi connectivity index (χ4v) is 3.47. The summed E-state index contributed by atoms with van der Waals surface area (Å²) in [6.07, 6.45) is 1.14. The Balaban J connectivity index is 1.96. The van der Waals surface area contributed by atoms with Gasteiger partial charge in [0, 0.05) is 29.1 Å². The van der Waals surface area contributed by atoms with Crippen molar-refractivity contribution >= 4 is 10.9 Å². The monoisotopic (exact) mass is 296 g/mol. The summed E-state index contributed by atoms with van der Waals surface area (Å²) in [4.78, 5) is 8.45. The van der Waals surface area contributed by atoms with Crippen LogP contribution in [-0.4, -0.2) is 28.2 Å². The molecule has 0 spiro atoms. The molecule has 0 bridgehead atoms. The summed E-state index contributed by atoms with van der Waals surface area (Å²) in [5, 5.41) is 8.74. The number of hydrogen-bond donors (Lipinski definition) is 2. The zero-order valence-electron chi connectivity index (χ0n) is 13.2. The number of rotatable bonds is 2. The van der Waals surface area contributed by atoms with Crippen molar-refractivity contribution in [3.05, 3.63) is 35.0 Å². The van der Waals surface area contributed by atoms with E-state index >= 15 is 0 Å². The molecule has 4 rings (SSSR count). The highest BCUT2D eigenvalue weighted by Crippen LogP contribution is 2.33. The topological polar surface area (TPSA) is 66.7 Å². The second kappa shape index (κ2) is 4.95. The third-order valence-electron chi connectivity index (χ3n) is 4.52. The standard InChI is InChI=1S/C17H20N4O/c1-9-6-13-14(19-9)7-15(16-10(2)21-22-11(16)3)20-17(13)12-4-5-18-8-12/h6-7,12,18-19H,4-5,8H2,1-3H3. The van der Waals surface area contributed by atoms with E-state index in [4.69, 9.17) is 9.51 Å². The van der Waals surface area contributed by atoms with Gasteiger partial charge in [-0.15, -0.1) is 0 Å². The largest absolute Gasteiger partial charge is 0.361 e. The lowest BCUT2D eigenvalue weighted by Crippen LogP contribution is -2.09. The lowest BCUT2D eigenvalue weighted by molar-refractivity contribution is 0.393. The van der Waals surface area contributed by atoms with Gasteiger partial charge in [-0.1, -0.05) is 5.16 Å². The summed E-state index contributed by atoms with van der Waals surface area (Å²) < 4.78 is 5.32. The number of aromatic amines is 1. The molecule has 2 N–H and O–H groups in total. The maximum atomic E-state index is 5.32. The molecule has 1 fully saturated rings. The van der Waals surface area contributed by atoms with Gasteiger partial charge in [0.05, 0.1) is 22.6 Å². The zero-order chi connectivity index (χ0) is 15.3.